The first-order valence-electron chi connectivity index (χ1n) is 6.10. The molecule has 2 aromatic rings. The van der Waals surface area contributed by atoms with Crippen molar-refractivity contribution in [3.63, 3.8) is 0 Å². The fourth-order valence-electron chi connectivity index (χ4n) is 1.78. The number of nitro groups is 1. The molecule has 1 aromatic carbocycles. The maximum Gasteiger partial charge on any atom is 0.285 e. The van der Waals surface area contributed by atoms with Crippen LogP contribution < -0.4 is 10.1 Å². The van der Waals surface area contributed by atoms with Crippen molar-refractivity contribution in [3.05, 3.63) is 38.9 Å². The molecule has 0 fully saturated rings. The first-order chi connectivity index (χ1) is 10.5. The van der Waals surface area contributed by atoms with Gasteiger partial charge in [-0.1, -0.05) is 0 Å². The van der Waals surface area contributed by atoms with E-state index < -0.39 is 10.8 Å². The molecule has 1 heterocycles. The number of hydrogen-bond acceptors (Lipinski definition) is 7. The summed E-state index contributed by atoms with van der Waals surface area (Å²) in [6, 6.07) is 2.71. The predicted molar refractivity (Wildman–Crippen MR) is 86.2 cm³/mol. The summed E-state index contributed by atoms with van der Waals surface area (Å²) in [6.45, 7) is 1.80. The molecule has 0 aliphatic carbocycles. The van der Waals surface area contributed by atoms with Gasteiger partial charge in [-0.3, -0.25) is 20.2 Å². The number of thioether (sulfide) groups is 1. The third-order valence-electron chi connectivity index (χ3n) is 2.78. The van der Waals surface area contributed by atoms with Crippen molar-refractivity contribution in [2.75, 3.05) is 18.7 Å². The Morgan fingerprint density at radius 3 is 2.73 bits per heavy atom. The number of ether oxygens (including phenoxy) is 1. The summed E-state index contributed by atoms with van der Waals surface area (Å²) in [5.74, 6) is -0.208. The van der Waals surface area contributed by atoms with Crippen molar-refractivity contribution in [3.8, 4) is 5.75 Å². The molecule has 1 amide bonds. The molecule has 7 nitrogen and oxygen atoms in total. The molecule has 0 aliphatic heterocycles. The first kappa shape index (κ1) is 16.2. The number of carbonyl (C=O) groups excluding carboxylic acids is 1. The minimum atomic E-state index is -0.603. The second-order valence-corrected chi connectivity index (χ2v) is 5.94. The van der Waals surface area contributed by atoms with E-state index in [0.717, 1.165) is 5.69 Å². The van der Waals surface area contributed by atoms with Gasteiger partial charge in [0.15, 0.2) is 5.13 Å². The van der Waals surface area contributed by atoms with Gasteiger partial charge in [0, 0.05) is 5.38 Å². The summed E-state index contributed by atoms with van der Waals surface area (Å²) in [4.78, 5) is 27.7. The van der Waals surface area contributed by atoms with E-state index in [1.54, 1.807) is 18.6 Å². The normalized spacial score (nSPS) is 10.3. The number of rotatable bonds is 5. The number of nitro benzene ring substituents is 1. The van der Waals surface area contributed by atoms with E-state index >= 15 is 0 Å². The van der Waals surface area contributed by atoms with Crippen LogP contribution in [-0.2, 0) is 0 Å². The summed E-state index contributed by atoms with van der Waals surface area (Å²) >= 11 is 2.60. The number of hydrogen-bond donors (Lipinski definition) is 1. The highest BCUT2D eigenvalue weighted by Gasteiger charge is 2.24. The number of nitrogens with one attached hydrogen (secondary N) is 1. The number of amides is 1. The van der Waals surface area contributed by atoms with Crippen molar-refractivity contribution < 1.29 is 14.5 Å². The second kappa shape index (κ2) is 6.75. The average Bonchev–Trinajstić information content (AvgIpc) is 2.90. The quantitative estimate of drug-likeness (QED) is 0.510. The highest BCUT2D eigenvalue weighted by atomic mass is 32.2. The van der Waals surface area contributed by atoms with E-state index in [2.05, 4.69) is 10.3 Å². The van der Waals surface area contributed by atoms with Crippen molar-refractivity contribution in [2.24, 2.45) is 0 Å². The predicted octanol–water partition coefficient (Wildman–Crippen LogP) is 3.34. The van der Waals surface area contributed by atoms with Crippen LogP contribution >= 0.6 is 23.1 Å². The number of thiazole rings is 1. The highest BCUT2D eigenvalue weighted by molar-refractivity contribution is 7.98. The lowest BCUT2D eigenvalue weighted by molar-refractivity contribution is -0.385. The van der Waals surface area contributed by atoms with E-state index in [1.807, 2.05) is 0 Å². The third kappa shape index (κ3) is 3.37. The van der Waals surface area contributed by atoms with Gasteiger partial charge in [0.2, 0.25) is 0 Å². The Bertz CT molecular complexity index is 730. The topological polar surface area (TPSA) is 94.4 Å². The van der Waals surface area contributed by atoms with Crippen LogP contribution in [0.4, 0.5) is 10.8 Å². The Balaban J connectivity index is 2.43. The fourth-order valence-corrected chi connectivity index (χ4v) is 3.04. The van der Waals surface area contributed by atoms with E-state index in [0.29, 0.717) is 15.8 Å². The number of methoxy groups -OCH3 is 1. The van der Waals surface area contributed by atoms with E-state index in [1.165, 1.54) is 42.3 Å². The number of benzene rings is 1. The van der Waals surface area contributed by atoms with Crippen molar-refractivity contribution in [2.45, 2.75) is 11.8 Å². The molecule has 0 unspecified atom stereocenters. The molecule has 22 heavy (non-hydrogen) atoms. The molecule has 2 rings (SSSR count). The van der Waals surface area contributed by atoms with Gasteiger partial charge in [0.25, 0.3) is 11.6 Å². The summed E-state index contributed by atoms with van der Waals surface area (Å²) in [6.07, 6.45) is 1.80. The standard InChI is InChI=1S/C13H13N3O4S2/c1-7-6-22-13(14-7)15-12(17)8-4-11(21-3)10(20-2)5-9(8)16(18)19/h4-6H,1-3H3,(H,14,15,17). The number of carbonyl (C=O) groups is 1. The van der Waals surface area contributed by atoms with Crippen LogP contribution in [0.15, 0.2) is 22.4 Å². The van der Waals surface area contributed by atoms with E-state index in [-0.39, 0.29) is 11.3 Å². The van der Waals surface area contributed by atoms with Gasteiger partial charge in [-0.25, -0.2) is 4.98 Å². The number of aromatic nitrogens is 1. The Morgan fingerprint density at radius 2 is 2.23 bits per heavy atom. The lowest BCUT2D eigenvalue weighted by Crippen LogP contribution is -2.14. The summed E-state index contributed by atoms with van der Waals surface area (Å²) in [5.41, 5.74) is 0.442. The summed E-state index contributed by atoms with van der Waals surface area (Å²) in [7, 11) is 1.43. The Kier molecular flexibility index (Phi) is 4.99. The molecule has 0 saturated carbocycles. The van der Waals surface area contributed by atoms with E-state index in [4.69, 9.17) is 4.74 Å². The van der Waals surface area contributed by atoms with E-state index in [9.17, 15) is 14.9 Å². The Morgan fingerprint density at radius 1 is 1.50 bits per heavy atom. The zero-order chi connectivity index (χ0) is 16.3. The molecule has 0 spiro atoms. The average molecular weight is 339 g/mol. The van der Waals surface area contributed by atoms with Crippen LogP contribution in [0.25, 0.3) is 0 Å². The first-order valence-corrected chi connectivity index (χ1v) is 8.20. The van der Waals surface area contributed by atoms with Gasteiger partial charge >= 0.3 is 0 Å². The summed E-state index contributed by atoms with van der Waals surface area (Å²) < 4.78 is 5.12. The molecule has 0 radical (unpaired) electrons. The molecule has 0 aliphatic rings. The maximum atomic E-state index is 12.3. The monoisotopic (exact) mass is 339 g/mol. The molecule has 116 valence electrons. The molecule has 1 aromatic heterocycles. The van der Waals surface area contributed by atoms with Gasteiger partial charge in [0.1, 0.15) is 11.3 Å². The zero-order valence-corrected chi connectivity index (χ0v) is 13.7. The molecule has 1 N–H and O–H groups in total. The molecular weight excluding hydrogens is 326 g/mol. The summed E-state index contributed by atoms with van der Waals surface area (Å²) in [5, 5.41) is 16.0. The van der Waals surface area contributed by atoms with Gasteiger partial charge in [0.05, 0.1) is 28.7 Å². The molecule has 0 atom stereocenters. The van der Waals surface area contributed by atoms with Crippen LogP contribution in [-0.4, -0.2) is 29.2 Å². The van der Waals surface area contributed by atoms with Crippen molar-refractivity contribution in [1.82, 2.24) is 4.98 Å². The van der Waals surface area contributed by atoms with Crippen molar-refractivity contribution >= 4 is 39.8 Å². The lowest BCUT2D eigenvalue weighted by Gasteiger charge is -2.09. The van der Waals surface area contributed by atoms with Gasteiger partial charge < -0.3 is 4.74 Å². The van der Waals surface area contributed by atoms with Crippen LogP contribution in [0.3, 0.4) is 0 Å². The SMILES string of the molecule is COc1cc([N+](=O)[O-])c(C(=O)Nc2nc(C)cs2)cc1SC. The molecule has 9 heteroatoms. The van der Waals surface area contributed by atoms with Crippen molar-refractivity contribution in [1.29, 1.82) is 0 Å². The third-order valence-corrected chi connectivity index (χ3v) is 4.42. The highest BCUT2D eigenvalue weighted by Crippen LogP contribution is 2.34. The van der Waals surface area contributed by atoms with Gasteiger partial charge in [-0.15, -0.1) is 23.1 Å². The molecule has 0 bridgehead atoms. The largest absolute Gasteiger partial charge is 0.495 e. The molecular formula is C13H13N3O4S2. The van der Waals surface area contributed by atoms with Crippen LogP contribution in [0.2, 0.25) is 0 Å². The molecule has 0 saturated heterocycles. The second-order valence-electron chi connectivity index (χ2n) is 4.23. The van der Waals surface area contributed by atoms with Crippen LogP contribution in [0.1, 0.15) is 16.1 Å². The van der Waals surface area contributed by atoms with Gasteiger partial charge in [-0.2, -0.15) is 0 Å². The Labute approximate surface area is 134 Å². The number of nitrogens with zero attached hydrogens (tertiary/aromatic N) is 2. The fraction of sp³-hybridized carbons (Fsp3) is 0.231. The smallest absolute Gasteiger partial charge is 0.285 e. The minimum absolute atomic E-state index is 0.0250. The van der Waals surface area contributed by atoms with Gasteiger partial charge in [-0.05, 0) is 19.2 Å². The van der Waals surface area contributed by atoms with Crippen LogP contribution in [0, 0.1) is 17.0 Å². The van der Waals surface area contributed by atoms with Crippen LogP contribution in [0.5, 0.6) is 5.75 Å². The Hall–Kier alpha value is -2.13. The maximum absolute atomic E-state index is 12.3. The number of anilines is 1. The lowest BCUT2D eigenvalue weighted by atomic mass is 10.1. The zero-order valence-electron chi connectivity index (χ0n) is 12.1. The minimum Gasteiger partial charge on any atom is -0.495 e. The number of aryl methyl sites for hydroxylation is 1.